The zero-order valence-corrected chi connectivity index (χ0v) is 15.0. The maximum atomic E-state index is 12.8. The second-order valence-corrected chi connectivity index (χ2v) is 8.35. The van der Waals surface area contributed by atoms with Crippen LogP contribution in [0.25, 0.3) is 0 Å². The summed E-state index contributed by atoms with van der Waals surface area (Å²) in [6.07, 6.45) is -0.838. The summed E-state index contributed by atoms with van der Waals surface area (Å²) in [5.41, 5.74) is 1.47. The summed E-state index contributed by atoms with van der Waals surface area (Å²) in [4.78, 5) is 0. The highest BCUT2D eigenvalue weighted by atomic mass is 32.2. The Morgan fingerprint density at radius 1 is 0.917 bits per heavy atom. The van der Waals surface area contributed by atoms with Gasteiger partial charge < -0.3 is 5.11 Å². The molecule has 0 radical (unpaired) electrons. The number of hydrogen-bond acceptors (Lipinski definition) is 3. The average molecular weight is 347 g/mol. The molecule has 0 unspecified atom stereocenters. The second-order valence-electron chi connectivity index (χ2n) is 6.38. The highest BCUT2D eigenvalue weighted by Gasteiger charge is 2.26. The van der Waals surface area contributed by atoms with Crippen LogP contribution in [0.2, 0.25) is 0 Å². The third kappa shape index (κ3) is 5.44. The van der Waals surface area contributed by atoms with Crippen molar-refractivity contribution in [2.45, 2.75) is 25.7 Å². The van der Waals surface area contributed by atoms with Gasteiger partial charge in [0, 0.05) is 13.1 Å². The molecule has 0 amide bonds. The lowest BCUT2D eigenvalue weighted by atomic mass is 10.1. The first-order chi connectivity index (χ1) is 11.4. The molecule has 0 saturated carbocycles. The van der Waals surface area contributed by atoms with Crippen molar-refractivity contribution >= 4 is 10.0 Å². The Labute approximate surface area is 144 Å². The molecule has 0 aromatic heterocycles. The molecule has 4 nitrogen and oxygen atoms in total. The van der Waals surface area contributed by atoms with Crippen LogP contribution in [-0.2, 0) is 15.8 Å². The van der Waals surface area contributed by atoms with E-state index in [1.54, 1.807) is 12.1 Å². The number of hydrogen-bond donors (Lipinski definition) is 1. The molecule has 0 spiro atoms. The molecule has 0 heterocycles. The van der Waals surface area contributed by atoms with Crippen molar-refractivity contribution < 1.29 is 13.5 Å². The summed E-state index contributed by atoms with van der Waals surface area (Å²) < 4.78 is 27.0. The summed E-state index contributed by atoms with van der Waals surface area (Å²) >= 11 is 0. The molecular weight excluding hydrogens is 322 g/mol. The molecule has 2 aromatic rings. The smallest absolute Gasteiger partial charge is 0.218 e. The van der Waals surface area contributed by atoms with Crippen molar-refractivity contribution in [2.75, 3.05) is 13.1 Å². The quantitative estimate of drug-likeness (QED) is 0.798. The van der Waals surface area contributed by atoms with Gasteiger partial charge in [-0.2, -0.15) is 4.31 Å². The van der Waals surface area contributed by atoms with Crippen LogP contribution in [0.4, 0.5) is 0 Å². The van der Waals surface area contributed by atoms with Gasteiger partial charge in [-0.15, -0.1) is 0 Å². The van der Waals surface area contributed by atoms with Crippen molar-refractivity contribution in [1.82, 2.24) is 4.31 Å². The third-order valence-corrected chi connectivity index (χ3v) is 5.50. The SMILES string of the molecule is CC(C)CN(C[C@@H](O)c1ccccc1)S(=O)(=O)Cc1ccccc1. The summed E-state index contributed by atoms with van der Waals surface area (Å²) in [5, 5.41) is 10.4. The molecule has 1 N–H and O–H groups in total. The molecule has 0 bridgehead atoms. The fourth-order valence-electron chi connectivity index (χ4n) is 2.56. The van der Waals surface area contributed by atoms with Crippen LogP contribution in [0.15, 0.2) is 60.7 Å². The van der Waals surface area contributed by atoms with Crippen LogP contribution in [0.5, 0.6) is 0 Å². The summed E-state index contributed by atoms with van der Waals surface area (Å²) in [6, 6.07) is 18.3. The van der Waals surface area contributed by atoms with E-state index in [0.29, 0.717) is 6.54 Å². The number of benzene rings is 2. The minimum Gasteiger partial charge on any atom is -0.387 e. The zero-order valence-electron chi connectivity index (χ0n) is 14.2. The first-order valence-corrected chi connectivity index (χ1v) is 9.74. The zero-order chi connectivity index (χ0) is 17.6. The van der Waals surface area contributed by atoms with E-state index in [1.807, 2.05) is 62.4 Å². The van der Waals surface area contributed by atoms with Crippen molar-refractivity contribution in [3.8, 4) is 0 Å². The van der Waals surface area contributed by atoms with Gasteiger partial charge in [0.2, 0.25) is 10.0 Å². The third-order valence-electron chi connectivity index (χ3n) is 3.71. The number of aliphatic hydroxyl groups excluding tert-OH is 1. The number of rotatable bonds is 8. The number of nitrogens with zero attached hydrogens (tertiary/aromatic N) is 1. The van der Waals surface area contributed by atoms with Crippen LogP contribution >= 0.6 is 0 Å². The average Bonchev–Trinajstić information content (AvgIpc) is 2.55. The van der Waals surface area contributed by atoms with E-state index in [4.69, 9.17) is 0 Å². The Hall–Kier alpha value is -1.69. The molecule has 0 aliphatic heterocycles. The molecule has 2 rings (SSSR count). The lowest BCUT2D eigenvalue weighted by Crippen LogP contribution is -2.38. The lowest BCUT2D eigenvalue weighted by molar-refractivity contribution is 0.143. The summed E-state index contributed by atoms with van der Waals surface area (Å²) in [7, 11) is -3.50. The van der Waals surface area contributed by atoms with Gasteiger partial charge >= 0.3 is 0 Å². The number of aliphatic hydroxyl groups is 1. The standard InChI is InChI=1S/C19H25NO3S/c1-16(2)13-20(14-19(21)18-11-7-4-8-12-18)24(22,23)15-17-9-5-3-6-10-17/h3-12,16,19,21H,13-15H2,1-2H3/t19-/m1/s1. The molecule has 1 atom stereocenters. The van der Waals surface area contributed by atoms with E-state index in [2.05, 4.69) is 0 Å². The summed E-state index contributed by atoms with van der Waals surface area (Å²) in [6.45, 7) is 4.40. The first kappa shape index (κ1) is 18.6. The van der Waals surface area contributed by atoms with Crippen molar-refractivity contribution in [2.24, 2.45) is 5.92 Å². The lowest BCUT2D eigenvalue weighted by Gasteiger charge is -2.26. The van der Waals surface area contributed by atoms with E-state index in [1.165, 1.54) is 4.31 Å². The fraction of sp³-hybridized carbons (Fsp3) is 0.368. The maximum Gasteiger partial charge on any atom is 0.218 e. The van der Waals surface area contributed by atoms with E-state index in [0.717, 1.165) is 11.1 Å². The van der Waals surface area contributed by atoms with Crippen LogP contribution in [-0.4, -0.2) is 30.9 Å². The van der Waals surface area contributed by atoms with E-state index in [-0.39, 0.29) is 18.2 Å². The summed E-state index contributed by atoms with van der Waals surface area (Å²) in [5.74, 6) is 0.126. The van der Waals surface area contributed by atoms with Crippen LogP contribution < -0.4 is 0 Å². The fourth-order valence-corrected chi connectivity index (χ4v) is 4.25. The Morgan fingerprint density at radius 3 is 2.00 bits per heavy atom. The van der Waals surface area contributed by atoms with E-state index in [9.17, 15) is 13.5 Å². The minimum absolute atomic E-state index is 0.0535. The maximum absolute atomic E-state index is 12.8. The Kier molecular flexibility index (Phi) is 6.54. The molecule has 2 aromatic carbocycles. The molecule has 0 saturated heterocycles. The largest absolute Gasteiger partial charge is 0.387 e. The van der Waals surface area contributed by atoms with Gasteiger partial charge in [0.1, 0.15) is 0 Å². The van der Waals surface area contributed by atoms with Gasteiger partial charge in [-0.3, -0.25) is 0 Å². The highest BCUT2D eigenvalue weighted by Crippen LogP contribution is 2.19. The van der Waals surface area contributed by atoms with Crippen LogP contribution in [0.1, 0.15) is 31.1 Å². The molecule has 24 heavy (non-hydrogen) atoms. The van der Waals surface area contributed by atoms with Crippen LogP contribution in [0, 0.1) is 5.92 Å². The monoisotopic (exact) mass is 347 g/mol. The minimum atomic E-state index is -3.50. The predicted octanol–water partition coefficient (Wildman–Crippen LogP) is 3.21. The highest BCUT2D eigenvalue weighted by molar-refractivity contribution is 7.88. The number of sulfonamides is 1. The second kappa shape index (κ2) is 8.42. The molecule has 0 fully saturated rings. The first-order valence-electron chi connectivity index (χ1n) is 8.13. The molecular formula is C19H25NO3S. The Balaban J connectivity index is 2.17. The molecule has 0 aliphatic carbocycles. The normalized spacial score (nSPS) is 13.4. The van der Waals surface area contributed by atoms with Crippen molar-refractivity contribution in [3.63, 3.8) is 0 Å². The van der Waals surface area contributed by atoms with Gasteiger partial charge in [0.15, 0.2) is 0 Å². The van der Waals surface area contributed by atoms with Gasteiger partial charge in [-0.05, 0) is 17.0 Å². The Bertz CT molecular complexity index is 715. The molecule has 0 aliphatic rings. The van der Waals surface area contributed by atoms with Gasteiger partial charge in [-0.25, -0.2) is 8.42 Å². The predicted molar refractivity (Wildman–Crippen MR) is 96.9 cm³/mol. The molecule has 130 valence electrons. The Morgan fingerprint density at radius 2 is 1.46 bits per heavy atom. The van der Waals surface area contributed by atoms with Crippen molar-refractivity contribution in [1.29, 1.82) is 0 Å². The molecule has 5 heteroatoms. The van der Waals surface area contributed by atoms with Gasteiger partial charge in [0.05, 0.1) is 11.9 Å². The van der Waals surface area contributed by atoms with Crippen molar-refractivity contribution in [3.05, 3.63) is 71.8 Å². The van der Waals surface area contributed by atoms with Gasteiger partial charge in [0.25, 0.3) is 0 Å². The van der Waals surface area contributed by atoms with E-state index < -0.39 is 16.1 Å². The van der Waals surface area contributed by atoms with Crippen LogP contribution in [0.3, 0.4) is 0 Å². The van der Waals surface area contributed by atoms with E-state index >= 15 is 0 Å². The topological polar surface area (TPSA) is 57.6 Å². The van der Waals surface area contributed by atoms with Gasteiger partial charge in [-0.1, -0.05) is 74.5 Å².